The van der Waals surface area contributed by atoms with Crippen LogP contribution in [0.25, 0.3) is 0 Å². The number of hydrogen-bond donors (Lipinski definition) is 0. The van der Waals surface area contributed by atoms with Crippen LogP contribution in [0.4, 0.5) is 0 Å². The Labute approximate surface area is 126 Å². The van der Waals surface area contributed by atoms with Crippen LogP contribution in [0.2, 0.25) is 0 Å². The van der Waals surface area contributed by atoms with Gasteiger partial charge in [0.05, 0.1) is 6.21 Å². The second kappa shape index (κ2) is 6.19. The fraction of sp³-hybridized carbons (Fsp3) is 0.0714. The van der Waals surface area contributed by atoms with E-state index < -0.39 is 10.1 Å². The summed E-state index contributed by atoms with van der Waals surface area (Å²) in [5, 5.41) is 3.51. The molecule has 0 N–H and O–H groups in total. The van der Waals surface area contributed by atoms with E-state index in [0.717, 1.165) is 15.6 Å². The Morgan fingerprint density at radius 2 is 1.65 bits per heavy atom. The van der Waals surface area contributed by atoms with Gasteiger partial charge in [-0.05, 0) is 36.8 Å². The Morgan fingerprint density at radius 3 is 2.25 bits per heavy atom. The molecule has 0 aliphatic carbocycles. The van der Waals surface area contributed by atoms with Crippen molar-refractivity contribution in [2.45, 2.75) is 11.8 Å². The molecule has 0 saturated heterocycles. The molecule has 0 atom stereocenters. The first kappa shape index (κ1) is 14.7. The summed E-state index contributed by atoms with van der Waals surface area (Å²) in [6.07, 6.45) is 1.35. The predicted octanol–water partition coefficient (Wildman–Crippen LogP) is 3.50. The summed E-state index contributed by atoms with van der Waals surface area (Å²) in [7, 11) is -3.86. The van der Waals surface area contributed by atoms with Gasteiger partial charge in [-0.25, -0.2) is 0 Å². The first-order chi connectivity index (χ1) is 9.47. The van der Waals surface area contributed by atoms with E-state index in [4.69, 9.17) is 0 Å². The van der Waals surface area contributed by atoms with E-state index in [9.17, 15) is 8.42 Å². The molecule has 0 aliphatic heterocycles. The summed E-state index contributed by atoms with van der Waals surface area (Å²) in [5.74, 6) is 0. The first-order valence-electron chi connectivity index (χ1n) is 5.77. The van der Waals surface area contributed by atoms with E-state index in [2.05, 4.69) is 25.4 Å². The summed E-state index contributed by atoms with van der Waals surface area (Å²) in [6.45, 7) is 1.88. The van der Waals surface area contributed by atoms with Gasteiger partial charge in [-0.3, -0.25) is 4.28 Å². The van der Waals surface area contributed by atoms with Gasteiger partial charge in [0, 0.05) is 4.47 Å². The number of rotatable bonds is 4. The standard InChI is InChI=1S/C14H12BrNO3S/c1-11-2-8-14(9-3-11)20(17,18)19-16-10-12-4-6-13(15)7-5-12/h2-10H,1H3/b16-10-. The van der Waals surface area contributed by atoms with Gasteiger partial charge < -0.3 is 0 Å². The van der Waals surface area contributed by atoms with Gasteiger partial charge >= 0.3 is 10.1 Å². The summed E-state index contributed by atoms with van der Waals surface area (Å²) in [6, 6.07) is 13.6. The number of hydrogen-bond acceptors (Lipinski definition) is 4. The highest BCUT2D eigenvalue weighted by molar-refractivity contribution is 9.10. The Morgan fingerprint density at radius 1 is 1.05 bits per heavy atom. The average molecular weight is 354 g/mol. The van der Waals surface area contributed by atoms with E-state index in [1.54, 1.807) is 24.3 Å². The lowest BCUT2D eigenvalue weighted by Crippen LogP contribution is -2.02. The minimum absolute atomic E-state index is 0.0797. The van der Waals surface area contributed by atoms with Gasteiger partial charge in [-0.1, -0.05) is 50.9 Å². The van der Waals surface area contributed by atoms with Gasteiger partial charge in [0.15, 0.2) is 0 Å². The minimum Gasteiger partial charge on any atom is -0.265 e. The third-order valence-corrected chi connectivity index (χ3v) is 4.18. The number of oxime groups is 1. The summed E-state index contributed by atoms with van der Waals surface area (Å²) >= 11 is 3.31. The maximum atomic E-state index is 11.8. The summed E-state index contributed by atoms with van der Waals surface area (Å²) in [4.78, 5) is 0.0797. The number of halogens is 1. The van der Waals surface area contributed by atoms with E-state index in [1.807, 2.05) is 19.1 Å². The zero-order chi connectivity index (χ0) is 14.6. The second-order valence-electron chi connectivity index (χ2n) is 4.13. The van der Waals surface area contributed by atoms with Gasteiger partial charge in [-0.2, -0.15) is 8.42 Å². The van der Waals surface area contributed by atoms with Crippen molar-refractivity contribution in [3.05, 3.63) is 64.1 Å². The van der Waals surface area contributed by atoms with Crippen LogP contribution < -0.4 is 0 Å². The van der Waals surface area contributed by atoms with Gasteiger partial charge in [-0.15, -0.1) is 0 Å². The molecule has 0 spiro atoms. The molecular weight excluding hydrogens is 342 g/mol. The zero-order valence-electron chi connectivity index (χ0n) is 10.7. The Bertz CT molecular complexity index is 707. The van der Waals surface area contributed by atoms with Crippen LogP contribution in [0.1, 0.15) is 11.1 Å². The quantitative estimate of drug-likeness (QED) is 0.624. The van der Waals surface area contributed by atoms with E-state index in [0.29, 0.717) is 0 Å². The topological polar surface area (TPSA) is 55.7 Å². The maximum absolute atomic E-state index is 11.8. The van der Waals surface area contributed by atoms with Crippen molar-refractivity contribution in [1.29, 1.82) is 0 Å². The Hall–Kier alpha value is -1.66. The molecule has 2 aromatic rings. The lowest BCUT2D eigenvalue weighted by atomic mass is 10.2. The highest BCUT2D eigenvalue weighted by Crippen LogP contribution is 2.14. The third kappa shape index (κ3) is 3.91. The van der Waals surface area contributed by atoms with Crippen LogP contribution in [0.5, 0.6) is 0 Å². The van der Waals surface area contributed by atoms with Crippen molar-refractivity contribution in [2.24, 2.45) is 5.16 Å². The molecule has 2 aromatic carbocycles. The summed E-state index contributed by atoms with van der Waals surface area (Å²) in [5.41, 5.74) is 1.72. The van der Waals surface area contributed by atoms with E-state index in [1.165, 1.54) is 18.3 Å². The lowest BCUT2D eigenvalue weighted by molar-refractivity contribution is 0.341. The Balaban J connectivity index is 2.09. The van der Waals surface area contributed by atoms with Crippen molar-refractivity contribution in [1.82, 2.24) is 0 Å². The highest BCUT2D eigenvalue weighted by atomic mass is 79.9. The predicted molar refractivity (Wildman–Crippen MR) is 81.2 cm³/mol. The van der Waals surface area contributed by atoms with Crippen LogP contribution in [-0.2, 0) is 14.4 Å². The monoisotopic (exact) mass is 353 g/mol. The van der Waals surface area contributed by atoms with Crippen molar-refractivity contribution >= 4 is 32.3 Å². The fourth-order valence-electron chi connectivity index (χ4n) is 1.44. The second-order valence-corrected chi connectivity index (χ2v) is 6.57. The van der Waals surface area contributed by atoms with Crippen molar-refractivity contribution in [3.63, 3.8) is 0 Å². The minimum atomic E-state index is -3.86. The molecule has 0 saturated carbocycles. The van der Waals surface area contributed by atoms with Crippen LogP contribution in [0.15, 0.2) is 63.1 Å². The SMILES string of the molecule is Cc1ccc(S(=O)(=O)O/N=C\c2ccc(Br)cc2)cc1. The maximum Gasteiger partial charge on any atom is 0.358 e. The zero-order valence-corrected chi connectivity index (χ0v) is 13.1. The normalized spacial score (nSPS) is 11.7. The van der Waals surface area contributed by atoms with Crippen LogP contribution in [-0.4, -0.2) is 14.6 Å². The number of nitrogens with zero attached hydrogens (tertiary/aromatic N) is 1. The molecule has 0 unspecified atom stereocenters. The van der Waals surface area contributed by atoms with Crippen LogP contribution in [0.3, 0.4) is 0 Å². The molecule has 0 amide bonds. The average Bonchev–Trinajstić information content (AvgIpc) is 2.41. The van der Waals surface area contributed by atoms with Crippen molar-refractivity contribution in [2.75, 3.05) is 0 Å². The molecule has 4 nitrogen and oxygen atoms in total. The molecule has 0 bridgehead atoms. The van der Waals surface area contributed by atoms with Crippen LogP contribution in [0, 0.1) is 6.92 Å². The van der Waals surface area contributed by atoms with Gasteiger partial charge in [0.25, 0.3) is 0 Å². The largest absolute Gasteiger partial charge is 0.358 e. The molecule has 20 heavy (non-hydrogen) atoms. The molecule has 0 aromatic heterocycles. The Kier molecular flexibility index (Phi) is 4.57. The molecular formula is C14H12BrNO3S. The third-order valence-electron chi connectivity index (χ3n) is 2.52. The summed E-state index contributed by atoms with van der Waals surface area (Å²) < 4.78 is 29.2. The van der Waals surface area contributed by atoms with Crippen molar-refractivity contribution in [3.8, 4) is 0 Å². The first-order valence-corrected chi connectivity index (χ1v) is 7.97. The van der Waals surface area contributed by atoms with E-state index in [-0.39, 0.29) is 4.90 Å². The molecule has 104 valence electrons. The number of benzene rings is 2. The molecule has 0 aliphatic rings. The van der Waals surface area contributed by atoms with Gasteiger partial charge in [0.2, 0.25) is 0 Å². The van der Waals surface area contributed by atoms with E-state index >= 15 is 0 Å². The lowest BCUT2D eigenvalue weighted by Gasteiger charge is -2.01. The molecule has 0 fully saturated rings. The molecule has 0 heterocycles. The highest BCUT2D eigenvalue weighted by Gasteiger charge is 2.14. The van der Waals surface area contributed by atoms with Crippen molar-refractivity contribution < 1.29 is 12.7 Å². The molecule has 6 heteroatoms. The molecule has 2 rings (SSSR count). The van der Waals surface area contributed by atoms with Crippen LogP contribution >= 0.6 is 15.9 Å². The van der Waals surface area contributed by atoms with Gasteiger partial charge in [0.1, 0.15) is 4.90 Å². The molecule has 0 radical (unpaired) electrons. The number of aryl methyl sites for hydroxylation is 1. The fourth-order valence-corrected chi connectivity index (χ4v) is 2.41. The smallest absolute Gasteiger partial charge is 0.265 e.